The maximum atomic E-state index is 4.78. The molecule has 3 aliphatic carbocycles. The fourth-order valence-corrected chi connectivity index (χ4v) is 11.1. The molecule has 1 fully saturated rings. The van der Waals surface area contributed by atoms with E-state index in [-0.39, 0.29) is 5.41 Å². The molecular weight excluding hydrogens is 911 g/mol. The van der Waals surface area contributed by atoms with Crippen molar-refractivity contribution in [2.75, 3.05) is 9.80 Å². The highest BCUT2D eigenvalue weighted by molar-refractivity contribution is 5.77. The zero-order valence-corrected chi connectivity index (χ0v) is 45.0. The lowest BCUT2D eigenvalue weighted by Crippen LogP contribution is -2.36. The molecule has 0 spiro atoms. The van der Waals surface area contributed by atoms with Crippen molar-refractivity contribution in [2.45, 2.75) is 105 Å². The summed E-state index contributed by atoms with van der Waals surface area (Å²) in [4.78, 5) is 19.3. The maximum absolute atomic E-state index is 4.78. The van der Waals surface area contributed by atoms with Crippen LogP contribution in [0.2, 0.25) is 0 Å². The summed E-state index contributed by atoms with van der Waals surface area (Å²) in [6.07, 6.45) is 23.1. The highest BCUT2D eigenvalue weighted by atomic mass is 15.2. The summed E-state index contributed by atoms with van der Waals surface area (Å²) in [5.74, 6) is 2.69. The highest BCUT2D eigenvalue weighted by Crippen LogP contribution is 2.48. The minimum Gasteiger partial charge on any atom is -0.335 e. The van der Waals surface area contributed by atoms with E-state index in [9.17, 15) is 0 Å². The van der Waals surface area contributed by atoms with E-state index in [0.29, 0.717) is 29.4 Å². The summed E-state index contributed by atoms with van der Waals surface area (Å²) in [7, 11) is 0. The van der Waals surface area contributed by atoms with E-state index in [0.717, 1.165) is 29.5 Å². The normalized spacial score (nSPS) is 16.8. The Kier molecular flexibility index (Phi) is 15.3. The summed E-state index contributed by atoms with van der Waals surface area (Å²) < 4.78 is 0. The van der Waals surface area contributed by atoms with Gasteiger partial charge in [-0.25, -0.2) is 15.0 Å². The van der Waals surface area contributed by atoms with Gasteiger partial charge in [0.05, 0.1) is 6.04 Å². The Morgan fingerprint density at radius 1 is 0.427 bits per heavy atom. The first-order valence-corrected chi connectivity index (χ1v) is 27.1. The summed E-state index contributed by atoms with van der Waals surface area (Å²) >= 11 is 0. The Bertz CT molecular complexity index is 3170. The van der Waals surface area contributed by atoms with E-state index >= 15 is 0 Å². The molecule has 0 N–H and O–H groups in total. The van der Waals surface area contributed by atoms with Crippen LogP contribution in [0.25, 0.3) is 34.2 Å². The monoisotopic (exact) mass is 982 g/mol. The molecule has 1 saturated carbocycles. The van der Waals surface area contributed by atoms with Crippen LogP contribution in [-0.2, 0) is 5.41 Å². The van der Waals surface area contributed by atoms with E-state index < -0.39 is 0 Å². The number of rotatable bonds is 11. The van der Waals surface area contributed by atoms with Crippen LogP contribution < -0.4 is 9.80 Å². The molecule has 3 aliphatic rings. The lowest BCUT2D eigenvalue weighted by molar-refractivity contribution is 0.343. The first-order chi connectivity index (χ1) is 36.5. The van der Waals surface area contributed by atoms with Gasteiger partial charge < -0.3 is 9.80 Å². The van der Waals surface area contributed by atoms with Crippen LogP contribution in [0.4, 0.5) is 22.7 Å². The van der Waals surface area contributed by atoms with Gasteiger partial charge >= 0.3 is 0 Å². The Morgan fingerprint density at radius 2 is 0.867 bits per heavy atom. The lowest BCUT2D eigenvalue weighted by Gasteiger charge is -2.42. The number of aryl methyl sites for hydroxylation is 6. The number of aromatic nitrogens is 3. The van der Waals surface area contributed by atoms with Crippen LogP contribution in [0.15, 0.2) is 218 Å². The number of hydrogen-bond acceptors (Lipinski definition) is 5. The van der Waals surface area contributed by atoms with Crippen LogP contribution in [0.3, 0.4) is 0 Å². The molecule has 0 radical (unpaired) electrons. The standard InChI is InChI=1S/C46H50N2.C24H21N3/c1-34-8-20-40(21-9-34)47(41-22-10-35(2)11-23-41)44-28-16-38(17-29-44)46(32-6-5-7-33-46)39-18-30-45(31-19-39)48(42-24-12-36(3)13-25-42)43-26-14-37(4)15-27-43;1-16-7-4-10-19(13-16)22-25-23(20-11-5-8-17(2)14-20)27-24(26-22)21-12-6-9-18(3)15-21/h8-14,16-30,37,45H,5-7,15,31-33H2,1-4H3;4-15H,1-3H3. The number of hydrogen-bond donors (Lipinski definition) is 0. The molecule has 0 amide bonds. The predicted octanol–water partition coefficient (Wildman–Crippen LogP) is 18.3. The van der Waals surface area contributed by atoms with Crippen LogP contribution in [-0.4, -0.2) is 21.0 Å². The Hall–Kier alpha value is -7.89. The molecule has 2 atom stereocenters. The van der Waals surface area contributed by atoms with Gasteiger partial charge in [-0.15, -0.1) is 0 Å². The van der Waals surface area contributed by atoms with Gasteiger partial charge in [-0.05, 0) is 157 Å². The molecule has 0 saturated heterocycles. The second-order valence-corrected chi connectivity index (χ2v) is 21.3. The Morgan fingerprint density at radius 3 is 1.27 bits per heavy atom. The van der Waals surface area contributed by atoms with E-state index in [1.807, 2.05) is 36.4 Å². The van der Waals surface area contributed by atoms with Crippen molar-refractivity contribution in [2.24, 2.45) is 5.92 Å². The van der Waals surface area contributed by atoms with Crippen molar-refractivity contribution in [3.63, 3.8) is 0 Å². The van der Waals surface area contributed by atoms with Crippen molar-refractivity contribution in [1.82, 2.24) is 15.0 Å². The molecule has 0 aliphatic heterocycles. The highest BCUT2D eigenvalue weighted by Gasteiger charge is 2.38. The van der Waals surface area contributed by atoms with E-state index in [2.05, 4.69) is 228 Å². The molecule has 5 heteroatoms. The summed E-state index contributed by atoms with van der Waals surface area (Å²) in [6, 6.07) is 61.5. The molecule has 1 aromatic heterocycles. The Labute approximate surface area is 446 Å². The number of benzene rings is 7. The topological polar surface area (TPSA) is 45.2 Å². The molecule has 2 unspecified atom stereocenters. The number of nitrogens with zero attached hydrogens (tertiary/aromatic N) is 5. The van der Waals surface area contributed by atoms with Gasteiger partial charge in [-0.3, -0.25) is 0 Å². The van der Waals surface area contributed by atoms with Crippen molar-refractivity contribution in [1.29, 1.82) is 0 Å². The SMILES string of the molecule is Cc1ccc(N(c2ccc(C)cc2)c2ccc(C3(C4=CCC(N(C5=CCC(C)C=C5)c5ccc(C)cc5)C=C4)CCCCC3)cc2)cc1.Cc1cccc(-c2nc(-c3cccc(C)c3)nc(-c3cccc(C)c3)n2)c1. The van der Waals surface area contributed by atoms with E-state index in [1.165, 1.54) is 105 Å². The van der Waals surface area contributed by atoms with Crippen LogP contribution in [0, 0.1) is 47.5 Å². The summed E-state index contributed by atoms with van der Waals surface area (Å²) in [5.41, 5.74) is 19.6. The molecule has 1 heterocycles. The fraction of sp³-hybridized carbons (Fsp3) is 0.243. The van der Waals surface area contributed by atoms with Crippen LogP contribution >= 0.6 is 0 Å². The van der Waals surface area contributed by atoms with Crippen LogP contribution in [0.5, 0.6) is 0 Å². The van der Waals surface area contributed by atoms with Crippen molar-refractivity contribution in [3.8, 4) is 34.2 Å². The largest absolute Gasteiger partial charge is 0.335 e. The third-order valence-corrected chi connectivity index (χ3v) is 15.3. The first kappa shape index (κ1) is 50.6. The van der Waals surface area contributed by atoms with Crippen molar-refractivity contribution >= 4 is 22.7 Å². The summed E-state index contributed by atoms with van der Waals surface area (Å²) in [5, 5.41) is 0. The lowest BCUT2D eigenvalue weighted by atomic mass is 9.64. The zero-order chi connectivity index (χ0) is 51.9. The average molecular weight is 982 g/mol. The quantitative estimate of drug-likeness (QED) is 0.129. The van der Waals surface area contributed by atoms with Gasteiger partial charge in [0.25, 0.3) is 0 Å². The fourth-order valence-electron chi connectivity index (χ4n) is 11.1. The minimum absolute atomic E-state index is 0.0604. The second kappa shape index (κ2) is 22.7. The van der Waals surface area contributed by atoms with Crippen LogP contribution in [0.1, 0.15) is 90.8 Å². The molecule has 11 rings (SSSR count). The van der Waals surface area contributed by atoms with Gasteiger partial charge in [0.15, 0.2) is 17.5 Å². The molecular formula is C70H71N5. The smallest absolute Gasteiger partial charge is 0.164 e. The summed E-state index contributed by atoms with van der Waals surface area (Å²) in [6.45, 7) is 15.0. The number of allylic oxidation sites excluding steroid dienone is 5. The molecule has 5 nitrogen and oxygen atoms in total. The van der Waals surface area contributed by atoms with Gasteiger partial charge in [0.1, 0.15) is 0 Å². The third kappa shape index (κ3) is 11.7. The zero-order valence-electron chi connectivity index (χ0n) is 45.0. The van der Waals surface area contributed by atoms with Crippen molar-refractivity contribution < 1.29 is 0 Å². The average Bonchev–Trinajstić information content (AvgIpc) is 3.44. The maximum Gasteiger partial charge on any atom is 0.164 e. The molecule has 0 bridgehead atoms. The van der Waals surface area contributed by atoms with Crippen molar-refractivity contribution in [3.05, 3.63) is 257 Å². The van der Waals surface area contributed by atoms with Gasteiger partial charge in [0.2, 0.25) is 0 Å². The number of anilines is 4. The molecule has 75 heavy (non-hydrogen) atoms. The molecule has 376 valence electrons. The van der Waals surface area contributed by atoms with E-state index in [1.54, 1.807) is 0 Å². The Balaban J connectivity index is 0.000000200. The van der Waals surface area contributed by atoms with Gasteiger partial charge in [-0.2, -0.15) is 0 Å². The molecule has 7 aromatic carbocycles. The van der Waals surface area contributed by atoms with E-state index in [4.69, 9.17) is 15.0 Å². The van der Waals surface area contributed by atoms with Gasteiger partial charge in [-0.1, -0.05) is 193 Å². The molecule has 8 aromatic rings. The third-order valence-electron chi connectivity index (χ3n) is 15.3. The van der Waals surface area contributed by atoms with Gasteiger partial charge in [0, 0.05) is 50.6 Å². The minimum atomic E-state index is 0.0604. The predicted molar refractivity (Wildman–Crippen MR) is 316 cm³/mol. The second-order valence-electron chi connectivity index (χ2n) is 21.3. The first-order valence-electron chi connectivity index (χ1n) is 27.1.